The van der Waals surface area contributed by atoms with Gasteiger partial charge in [-0.3, -0.25) is 9.59 Å². The van der Waals surface area contributed by atoms with E-state index in [2.05, 4.69) is 29.4 Å². The molecular weight excluding hydrogens is 348 g/mol. The first-order valence-corrected chi connectivity index (χ1v) is 9.84. The van der Waals surface area contributed by atoms with Crippen molar-refractivity contribution >= 4 is 23.2 Å². The number of likely N-dealkylation sites (tertiary alicyclic amines) is 1. The van der Waals surface area contributed by atoms with Gasteiger partial charge in [-0.25, -0.2) is 0 Å². The van der Waals surface area contributed by atoms with Crippen LogP contribution in [0.1, 0.15) is 38.3 Å². The second-order valence-electron chi connectivity index (χ2n) is 7.79. The van der Waals surface area contributed by atoms with Gasteiger partial charge < -0.3 is 20.1 Å². The van der Waals surface area contributed by atoms with Crippen molar-refractivity contribution in [3.8, 4) is 0 Å². The van der Waals surface area contributed by atoms with Gasteiger partial charge in [0.25, 0.3) is 5.56 Å². The topological polar surface area (TPSA) is 66.4 Å². The number of piperidine rings is 1. The van der Waals surface area contributed by atoms with Crippen molar-refractivity contribution in [1.29, 1.82) is 0 Å². The summed E-state index contributed by atoms with van der Waals surface area (Å²) in [7, 11) is 0. The lowest BCUT2D eigenvalue weighted by molar-refractivity contribution is -0.120. The molecule has 0 saturated carbocycles. The fraction of sp³-hybridized carbons (Fsp3) is 0.632. The predicted molar refractivity (Wildman–Crippen MR) is 106 cm³/mol. The molecule has 26 heavy (non-hydrogen) atoms. The molecule has 1 aromatic rings. The summed E-state index contributed by atoms with van der Waals surface area (Å²) in [5.74, 6) is 1.28. The standard InChI is InChI=1S/C19H28N4O2S/c1-13(2)6-7-20-17(24)9-21-19(26)22-10-14-8-15(12-22)16-4-3-5-18(25)23(16)11-14/h3-5,13-15H,6-12H2,1-2H3,(H,20,24)(H,21,26). The first-order chi connectivity index (χ1) is 12.4. The van der Waals surface area contributed by atoms with E-state index in [1.54, 1.807) is 6.07 Å². The first kappa shape index (κ1) is 18.9. The van der Waals surface area contributed by atoms with Crippen LogP contribution in [0.4, 0.5) is 0 Å². The lowest BCUT2D eigenvalue weighted by Gasteiger charge is -2.43. The number of rotatable bonds is 5. The third-order valence-corrected chi connectivity index (χ3v) is 5.61. The van der Waals surface area contributed by atoms with E-state index in [-0.39, 0.29) is 18.0 Å². The van der Waals surface area contributed by atoms with Gasteiger partial charge in [-0.1, -0.05) is 19.9 Å². The van der Waals surface area contributed by atoms with Crippen molar-refractivity contribution in [3.63, 3.8) is 0 Å². The van der Waals surface area contributed by atoms with Gasteiger partial charge in [0.15, 0.2) is 5.11 Å². The Kier molecular flexibility index (Phi) is 5.96. The number of nitrogens with one attached hydrogen (secondary N) is 2. The highest BCUT2D eigenvalue weighted by molar-refractivity contribution is 7.80. The Labute approximate surface area is 159 Å². The Bertz CT molecular complexity index is 730. The van der Waals surface area contributed by atoms with Crippen LogP contribution in [0.2, 0.25) is 0 Å². The average molecular weight is 377 g/mol. The van der Waals surface area contributed by atoms with Crippen molar-refractivity contribution < 1.29 is 4.79 Å². The molecule has 0 aromatic carbocycles. The number of fused-ring (bicyclic) bond motifs is 4. The maximum atomic E-state index is 12.1. The Balaban J connectivity index is 1.53. The van der Waals surface area contributed by atoms with E-state index in [9.17, 15) is 9.59 Å². The molecule has 1 amide bonds. The van der Waals surface area contributed by atoms with Crippen LogP contribution in [-0.4, -0.2) is 46.7 Å². The summed E-state index contributed by atoms with van der Waals surface area (Å²) in [6.07, 6.45) is 2.07. The second kappa shape index (κ2) is 8.20. The van der Waals surface area contributed by atoms with E-state index in [0.717, 1.165) is 38.2 Å². The lowest BCUT2D eigenvalue weighted by Crippen LogP contribution is -2.52. The number of nitrogens with zero attached hydrogens (tertiary/aromatic N) is 2. The molecule has 2 atom stereocenters. The van der Waals surface area contributed by atoms with E-state index in [1.807, 2.05) is 16.7 Å². The molecule has 2 bridgehead atoms. The minimum atomic E-state index is -0.0258. The molecule has 0 spiro atoms. The zero-order valence-electron chi connectivity index (χ0n) is 15.5. The first-order valence-electron chi connectivity index (χ1n) is 9.43. The molecular formula is C19H28N4O2S. The Morgan fingerprint density at radius 2 is 2.08 bits per heavy atom. The van der Waals surface area contributed by atoms with Crippen molar-refractivity contribution in [3.05, 3.63) is 34.2 Å². The van der Waals surface area contributed by atoms with E-state index in [0.29, 0.717) is 29.4 Å². The van der Waals surface area contributed by atoms with E-state index in [4.69, 9.17) is 12.2 Å². The van der Waals surface area contributed by atoms with Gasteiger partial charge >= 0.3 is 0 Å². The van der Waals surface area contributed by atoms with Gasteiger partial charge in [-0.2, -0.15) is 0 Å². The van der Waals surface area contributed by atoms with E-state index in [1.165, 1.54) is 0 Å². The molecule has 0 aliphatic carbocycles. The number of pyridine rings is 1. The smallest absolute Gasteiger partial charge is 0.250 e. The molecule has 1 saturated heterocycles. The van der Waals surface area contributed by atoms with Crippen LogP contribution in [0.5, 0.6) is 0 Å². The number of hydrogen-bond acceptors (Lipinski definition) is 3. The number of aromatic nitrogens is 1. The monoisotopic (exact) mass is 376 g/mol. The maximum Gasteiger partial charge on any atom is 0.250 e. The highest BCUT2D eigenvalue weighted by Crippen LogP contribution is 2.34. The summed E-state index contributed by atoms with van der Waals surface area (Å²) in [5.41, 5.74) is 1.19. The molecule has 0 radical (unpaired) electrons. The van der Waals surface area contributed by atoms with Crippen LogP contribution in [0.25, 0.3) is 0 Å². The molecule has 2 unspecified atom stereocenters. The van der Waals surface area contributed by atoms with E-state index >= 15 is 0 Å². The average Bonchev–Trinajstić information content (AvgIpc) is 2.60. The Morgan fingerprint density at radius 3 is 2.85 bits per heavy atom. The highest BCUT2D eigenvalue weighted by atomic mass is 32.1. The van der Waals surface area contributed by atoms with Crippen LogP contribution in [0.3, 0.4) is 0 Å². The molecule has 6 nitrogen and oxygen atoms in total. The molecule has 2 N–H and O–H groups in total. The van der Waals surface area contributed by atoms with E-state index < -0.39 is 0 Å². The molecule has 2 aliphatic heterocycles. The third kappa shape index (κ3) is 4.44. The number of carbonyl (C=O) groups is 1. The zero-order chi connectivity index (χ0) is 18.7. The van der Waals surface area contributed by atoms with Gasteiger partial charge in [0.1, 0.15) is 0 Å². The minimum absolute atomic E-state index is 0.0258. The SMILES string of the molecule is CC(C)CCNC(=O)CNC(=S)N1CC2CC(C1)c1cccc(=O)n1C2. The molecule has 1 fully saturated rings. The zero-order valence-corrected chi connectivity index (χ0v) is 16.3. The van der Waals surface area contributed by atoms with Crippen molar-refractivity contribution in [2.45, 2.75) is 39.2 Å². The van der Waals surface area contributed by atoms with Crippen LogP contribution >= 0.6 is 12.2 Å². The predicted octanol–water partition coefficient (Wildman–Crippen LogP) is 1.30. The number of carbonyl (C=O) groups excluding carboxylic acids is 1. The largest absolute Gasteiger partial charge is 0.355 e. The number of thiocarbonyl (C=S) groups is 1. The summed E-state index contributed by atoms with van der Waals surface area (Å²) in [6.45, 7) is 7.56. The van der Waals surface area contributed by atoms with Crippen LogP contribution in [-0.2, 0) is 11.3 Å². The Morgan fingerprint density at radius 1 is 1.27 bits per heavy atom. The number of hydrogen-bond donors (Lipinski definition) is 2. The summed E-state index contributed by atoms with van der Waals surface area (Å²) in [5, 5.41) is 6.64. The summed E-state index contributed by atoms with van der Waals surface area (Å²) in [6, 6.07) is 5.52. The molecule has 3 heterocycles. The summed E-state index contributed by atoms with van der Waals surface area (Å²) < 4.78 is 1.91. The fourth-order valence-corrected chi connectivity index (χ4v) is 4.11. The lowest BCUT2D eigenvalue weighted by atomic mass is 9.83. The molecule has 2 aliphatic rings. The molecule has 3 rings (SSSR count). The number of amides is 1. The van der Waals surface area contributed by atoms with Crippen LogP contribution < -0.4 is 16.2 Å². The van der Waals surface area contributed by atoms with Gasteiger partial charge in [0, 0.05) is 43.9 Å². The van der Waals surface area contributed by atoms with Gasteiger partial charge in [0.05, 0.1) is 6.54 Å². The summed E-state index contributed by atoms with van der Waals surface area (Å²) >= 11 is 5.52. The van der Waals surface area contributed by atoms with Gasteiger partial charge in [-0.05, 0) is 43.0 Å². The van der Waals surface area contributed by atoms with Gasteiger partial charge in [0.2, 0.25) is 5.91 Å². The van der Waals surface area contributed by atoms with Gasteiger partial charge in [-0.15, -0.1) is 0 Å². The highest BCUT2D eigenvalue weighted by Gasteiger charge is 2.35. The normalized spacial score (nSPS) is 21.3. The van der Waals surface area contributed by atoms with Crippen molar-refractivity contribution in [1.82, 2.24) is 20.1 Å². The molecule has 7 heteroatoms. The quantitative estimate of drug-likeness (QED) is 0.759. The molecule has 142 valence electrons. The third-order valence-electron chi connectivity index (χ3n) is 5.21. The molecule has 1 aromatic heterocycles. The van der Waals surface area contributed by atoms with Crippen molar-refractivity contribution in [2.24, 2.45) is 11.8 Å². The fourth-order valence-electron chi connectivity index (χ4n) is 3.89. The van der Waals surface area contributed by atoms with Crippen LogP contribution in [0, 0.1) is 11.8 Å². The maximum absolute atomic E-state index is 12.1. The summed E-state index contributed by atoms with van der Waals surface area (Å²) in [4.78, 5) is 26.2. The second-order valence-corrected chi connectivity index (χ2v) is 8.18. The van der Waals surface area contributed by atoms with Crippen LogP contribution in [0.15, 0.2) is 23.0 Å². The minimum Gasteiger partial charge on any atom is -0.355 e. The Hall–Kier alpha value is -1.89. The van der Waals surface area contributed by atoms with Crippen molar-refractivity contribution in [2.75, 3.05) is 26.2 Å².